The van der Waals surface area contributed by atoms with Gasteiger partial charge in [0.25, 0.3) is 0 Å². The molecule has 1 N–H and O–H groups in total. The quantitative estimate of drug-likeness (QED) is 0.448. The molecule has 1 amide bonds. The lowest BCUT2D eigenvalue weighted by Gasteiger charge is -2.20. The molecule has 1 aliphatic heterocycles. The molecule has 0 saturated heterocycles. The van der Waals surface area contributed by atoms with E-state index < -0.39 is 0 Å². The molecular weight excluding hydrogens is 434 g/mol. The van der Waals surface area contributed by atoms with Gasteiger partial charge in [0.05, 0.1) is 12.1 Å². The van der Waals surface area contributed by atoms with Gasteiger partial charge >= 0.3 is 0 Å². The Morgan fingerprint density at radius 1 is 1.06 bits per heavy atom. The van der Waals surface area contributed by atoms with Gasteiger partial charge in [0, 0.05) is 40.6 Å². The minimum atomic E-state index is -0.0264. The maximum atomic E-state index is 12.4. The van der Waals surface area contributed by atoms with Crippen molar-refractivity contribution >= 4 is 17.2 Å². The van der Waals surface area contributed by atoms with Gasteiger partial charge in [0.1, 0.15) is 18.2 Å². The second kappa shape index (κ2) is 9.11. The molecule has 2 aromatic carbocycles. The SMILES string of the molecule is Cc1cc(-c2csc(CC(=O)NCc3ccccc3)n2)c(C)n1-c1ccc2c(c1)OCCO2. The molecule has 0 aliphatic carbocycles. The van der Waals surface area contributed by atoms with Crippen LogP contribution >= 0.6 is 11.3 Å². The number of aromatic nitrogens is 2. The van der Waals surface area contributed by atoms with E-state index in [0.717, 1.165) is 50.4 Å². The highest BCUT2D eigenvalue weighted by molar-refractivity contribution is 7.10. The van der Waals surface area contributed by atoms with Crippen molar-refractivity contribution in [2.45, 2.75) is 26.8 Å². The van der Waals surface area contributed by atoms with Gasteiger partial charge in [-0.3, -0.25) is 4.79 Å². The van der Waals surface area contributed by atoms with Crippen molar-refractivity contribution in [3.05, 3.63) is 81.9 Å². The highest BCUT2D eigenvalue weighted by Gasteiger charge is 2.18. The number of ether oxygens (including phenoxy) is 2. The zero-order valence-corrected chi connectivity index (χ0v) is 19.4. The van der Waals surface area contributed by atoms with Crippen LogP contribution in [0.5, 0.6) is 11.5 Å². The van der Waals surface area contributed by atoms with Gasteiger partial charge in [-0.05, 0) is 37.6 Å². The molecular formula is C26H25N3O3S. The number of benzene rings is 2. The lowest BCUT2D eigenvalue weighted by molar-refractivity contribution is -0.120. The Morgan fingerprint density at radius 3 is 2.67 bits per heavy atom. The van der Waals surface area contributed by atoms with Crippen LogP contribution in [0.15, 0.2) is 60.0 Å². The average molecular weight is 460 g/mol. The smallest absolute Gasteiger partial charge is 0.227 e. The minimum Gasteiger partial charge on any atom is -0.486 e. The molecule has 0 spiro atoms. The summed E-state index contributed by atoms with van der Waals surface area (Å²) >= 11 is 1.51. The molecule has 3 heterocycles. The first-order valence-electron chi connectivity index (χ1n) is 10.9. The fraction of sp³-hybridized carbons (Fsp3) is 0.231. The molecule has 6 nitrogen and oxygen atoms in total. The van der Waals surface area contributed by atoms with E-state index in [1.807, 2.05) is 53.9 Å². The number of hydrogen-bond donors (Lipinski definition) is 1. The normalized spacial score (nSPS) is 12.5. The van der Waals surface area contributed by atoms with Gasteiger partial charge in [0.2, 0.25) is 5.91 Å². The van der Waals surface area contributed by atoms with Gasteiger partial charge in [-0.1, -0.05) is 30.3 Å². The summed E-state index contributed by atoms with van der Waals surface area (Å²) in [4.78, 5) is 17.1. The van der Waals surface area contributed by atoms with Crippen LogP contribution in [0.3, 0.4) is 0 Å². The topological polar surface area (TPSA) is 65.4 Å². The van der Waals surface area contributed by atoms with Crippen LogP contribution in [0.4, 0.5) is 0 Å². The van der Waals surface area contributed by atoms with Crippen molar-refractivity contribution in [1.29, 1.82) is 0 Å². The number of thiazole rings is 1. The molecule has 168 valence electrons. The monoisotopic (exact) mass is 459 g/mol. The van der Waals surface area contributed by atoms with Crippen LogP contribution < -0.4 is 14.8 Å². The third-order valence-electron chi connectivity index (χ3n) is 5.69. The molecule has 0 bridgehead atoms. The van der Waals surface area contributed by atoms with Crippen molar-refractivity contribution in [1.82, 2.24) is 14.9 Å². The summed E-state index contributed by atoms with van der Waals surface area (Å²) in [7, 11) is 0. The maximum Gasteiger partial charge on any atom is 0.227 e. The van der Waals surface area contributed by atoms with Crippen molar-refractivity contribution < 1.29 is 14.3 Å². The Balaban J connectivity index is 1.32. The number of nitrogens with one attached hydrogen (secondary N) is 1. The molecule has 0 unspecified atom stereocenters. The first-order chi connectivity index (χ1) is 16.1. The predicted octanol–water partition coefficient (Wildman–Crippen LogP) is 4.85. The summed E-state index contributed by atoms with van der Waals surface area (Å²) in [5, 5.41) is 5.80. The molecule has 0 atom stereocenters. The average Bonchev–Trinajstić information content (AvgIpc) is 3.41. The summed E-state index contributed by atoms with van der Waals surface area (Å²) in [6.45, 7) is 5.83. The van der Waals surface area contributed by atoms with E-state index in [-0.39, 0.29) is 12.3 Å². The second-order valence-electron chi connectivity index (χ2n) is 8.01. The molecule has 33 heavy (non-hydrogen) atoms. The van der Waals surface area contributed by atoms with E-state index in [0.29, 0.717) is 19.8 Å². The number of amides is 1. The lowest BCUT2D eigenvalue weighted by Crippen LogP contribution is -2.24. The molecule has 0 fully saturated rings. The van der Waals surface area contributed by atoms with Gasteiger partial charge in [-0.25, -0.2) is 4.98 Å². The summed E-state index contributed by atoms with van der Waals surface area (Å²) in [5.74, 6) is 1.52. The standard InChI is InChI=1S/C26H25N3O3S/c1-17-12-21(18(2)29(17)20-8-9-23-24(13-20)32-11-10-31-23)22-16-33-26(28-22)14-25(30)27-15-19-6-4-3-5-7-19/h3-9,12-13,16H,10-11,14-15H2,1-2H3,(H,27,30). The lowest BCUT2D eigenvalue weighted by atomic mass is 10.2. The number of fused-ring (bicyclic) bond motifs is 1. The number of aryl methyl sites for hydroxylation is 1. The highest BCUT2D eigenvalue weighted by Crippen LogP contribution is 2.35. The van der Waals surface area contributed by atoms with E-state index in [9.17, 15) is 4.79 Å². The molecule has 0 radical (unpaired) electrons. The van der Waals surface area contributed by atoms with Crippen molar-refractivity contribution in [3.63, 3.8) is 0 Å². The Hall–Kier alpha value is -3.58. The molecule has 0 saturated carbocycles. The summed E-state index contributed by atoms with van der Waals surface area (Å²) in [5.41, 5.74) is 6.26. The number of carbonyl (C=O) groups excluding carboxylic acids is 1. The number of hydrogen-bond acceptors (Lipinski definition) is 5. The Bertz CT molecular complexity index is 1290. The van der Waals surface area contributed by atoms with E-state index in [2.05, 4.69) is 29.8 Å². The Labute approximate surface area is 196 Å². The van der Waals surface area contributed by atoms with Crippen LogP contribution in [0.2, 0.25) is 0 Å². The first kappa shape index (κ1) is 21.3. The van der Waals surface area contributed by atoms with E-state index >= 15 is 0 Å². The first-order valence-corrected chi connectivity index (χ1v) is 11.8. The molecule has 4 aromatic rings. The van der Waals surface area contributed by atoms with Crippen molar-refractivity contribution in [2.75, 3.05) is 13.2 Å². The largest absolute Gasteiger partial charge is 0.486 e. The zero-order chi connectivity index (χ0) is 22.8. The number of rotatable bonds is 6. The van der Waals surface area contributed by atoms with Crippen LogP contribution in [-0.4, -0.2) is 28.7 Å². The predicted molar refractivity (Wildman–Crippen MR) is 129 cm³/mol. The second-order valence-corrected chi connectivity index (χ2v) is 8.96. The Morgan fingerprint density at radius 2 is 1.85 bits per heavy atom. The van der Waals surface area contributed by atoms with E-state index in [1.54, 1.807) is 0 Å². The highest BCUT2D eigenvalue weighted by atomic mass is 32.1. The van der Waals surface area contributed by atoms with Crippen molar-refractivity contribution in [2.24, 2.45) is 0 Å². The van der Waals surface area contributed by atoms with Crippen LogP contribution in [0.1, 0.15) is 22.0 Å². The fourth-order valence-corrected chi connectivity index (χ4v) is 4.90. The summed E-state index contributed by atoms with van der Waals surface area (Å²) in [6, 6.07) is 18.1. The molecule has 1 aliphatic rings. The van der Waals surface area contributed by atoms with Crippen LogP contribution in [0, 0.1) is 13.8 Å². The molecule has 5 rings (SSSR count). The van der Waals surface area contributed by atoms with Crippen LogP contribution in [-0.2, 0) is 17.8 Å². The van der Waals surface area contributed by atoms with E-state index in [1.165, 1.54) is 11.3 Å². The van der Waals surface area contributed by atoms with Gasteiger partial charge in [-0.2, -0.15) is 0 Å². The maximum absolute atomic E-state index is 12.4. The zero-order valence-electron chi connectivity index (χ0n) is 18.6. The van der Waals surface area contributed by atoms with E-state index in [4.69, 9.17) is 14.5 Å². The number of nitrogens with zero attached hydrogens (tertiary/aromatic N) is 2. The summed E-state index contributed by atoms with van der Waals surface area (Å²) in [6.07, 6.45) is 0.276. The van der Waals surface area contributed by atoms with Gasteiger partial charge in [-0.15, -0.1) is 11.3 Å². The third kappa shape index (κ3) is 4.50. The molecule has 7 heteroatoms. The number of carbonyl (C=O) groups is 1. The third-order valence-corrected chi connectivity index (χ3v) is 6.54. The van der Waals surface area contributed by atoms with Gasteiger partial charge < -0.3 is 19.4 Å². The summed E-state index contributed by atoms with van der Waals surface area (Å²) < 4.78 is 13.6. The fourth-order valence-electron chi connectivity index (χ4n) is 4.10. The van der Waals surface area contributed by atoms with Gasteiger partial charge in [0.15, 0.2) is 11.5 Å². The molecule has 2 aromatic heterocycles. The van der Waals surface area contributed by atoms with Crippen LogP contribution in [0.25, 0.3) is 16.9 Å². The van der Waals surface area contributed by atoms with Crippen molar-refractivity contribution in [3.8, 4) is 28.4 Å². The Kier molecular flexibility index (Phi) is 5.88. The minimum absolute atomic E-state index is 0.0264.